The van der Waals surface area contributed by atoms with Crippen molar-refractivity contribution >= 4 is 5.97 Å². The van der Waals surface area contributed by atoms with E-state index in [2.05, 4.69) is 4.98 Å². The van der Waals surface area contributed by atoms with E-state index in [-0.39, 0.29) is 11.7 Å². The third-order valence-electron chi connectivity index (χ3n) is 3.45. The summed E-state index contributed by atoms with van der Waals surface area (Å²) in [6.07, 6.45) is 3.82. The second kappa shape index (κ2) is 4.55. The van der Waals surface area contributed by atoms with Crippen LogP contribution in [0.1, 0.15) is 46.7 Å². The summed E-state index contributed by atoms with van der Waals surface area (Å²) in [5.74, 6) is 0.452. The quantitative estimate of drug-likeness (QED) is 0.874. The number of carboxylic acids is 1. The fourth-order valence-electron chi connectivity index (χ4n) is 2.61. The number of rotatable bonds is 3. The minimum Gasteiger partial charge on any atom is -0.476 e. The number of furan rings is 1. The van der Waals surface area contributed by atoms with Crippen LogP contribution < -0.4 is 5.73 Å². The van der Waals surface area contributed by atoms with Crippen LogP contribution in [-0.4, -0.2) is 20.6 Å². The molecule has 0 saturated heterocycles. The summed E-state index contributed by atoms with van der Waals surface area (Å²) in [5.41, 5.74) is 6.74. The lowest BCUT2D eigenvalue weighted by Crippen LogP contribution is -2.24. The monoisotopic (exact) mass is 261 g/mol. The molecule has 2 aromatic rings. The molecule has 0 bridgehead atoms. The fourth-order valence-corrected chi connectivity index (χ4v) is 2.61. The Morgan fingerprint density at radius 1 is 1.63 bits per heavy atom. The van der Waals surface area contributed by atoms with E-state index in [1.165, 1.54) is 0 Å². The third kappa shape index (κ3) is 2.04. The summed E-state index contributed by atoms with van der Waals surface area (Å²) >= 11 is 0. The van der Waals surface area contributed by atoms with Crippen molar-refractivity contribution in [2.45, 2.75) is 31.8 Å². The molecule has 0 amide bonds. The second-order valence-corrected chi connectivity index (χ2v) is 4.72. The standard InChI is InChI=1S/C13H15N3O3/c14-9-4-1-5-16-10(7-8-3-2-6-19-8)15-11(12(9)16)13(17)18/h2-3,6,9H,1,4-5,7,14H2,(H,17,18). The van der Waals surface area contributed by atoms with E-state index in [9.17, 15) is 9.90 Å². The molecule has 0 radical (unpaired) electrons. The van der Waals surface area contributed by atoms with Crippen LogP contribution in [0.3, 0.4) is 0 Å². The molecule has 0 spiro atoms. The van der Waals surface area contributed by atoms with Gasteiger partial charge in [-0.25, -0.2) is 9.78 Å². The predicted octanol–water partition coefficient (Wildman–Crippen LogP) is 1.56. The van der Waals surface area contributed by atoms with Crippen molar-refractivity contribution in [2.75, 3.05) is 0 Å². The largest absolute Gasteiger partial charge is 0.476 e. The smallest absolute Gasteiger partial charge is 0.356 e. The average Bonchev–Trinajstić information content (AvgIpc) is 2.99. The molecule has 0 saturated carbocycles. The molecule has 3 rings (SSSR count). The fraction of sp³-hybridized carbons (Fsp3) is 0.385. The van der Waals surface area contributed by atoms with Crippen molar-refractivity contribution in [3.63, 3.8) is 0 Å². The lowest BCUT2D eigenvalue weighted by molar-refractivity contribution is 0.0688. The van der Waals surface area contributed by atoms with E-state index in [0.717, 1.165) is 25.1 Å². The second-order valence-electron chi connectivity index (χ2n) is 4.72. The highest BCUT2D eigenvalue weighted by atomic mass is 16.4. The Kier molecular flexibility index (Phi) is 2.87. The highest BCUT2D eigenvalue weighted by Gasteiger charge is 2.28. The van der Waals surface area contributed by atoms with Gasteiger partial charge in [-0.15, -0.1) is 0 Å². The van der Waals surface area contributed by atoms with Crippen LogP contribution in [0.4, 0.5) is 0 Å². The summed E-state index contributed by atoms with van der Waals surface area (Å²) in [5, 5.41) is 9.24. The molecular formula is C13H15N3O3. The summed E-state index contributed by atoms with van der Waals surface area (Å²) < 4.78 is 7.22. The highest BCUT2D eigenvalue weighted by molar-refractivity contribution is 5.87. The lowest BCUT2D eigenvalue weighted by Gasteiger charge is -2.22. The summed E-state index contributed by atoms with van der Waals surface area (Å²) in [7, 11) is 0. The maximum absolute atomic E-state index is 11.3. The number of fused-ring (bicyclic) bond motifs is 1. The first-order valence-corrected chi connectivity index (χ1v) is 6.27. The molecule has 6 nitrogen and oxygen atoms in total. The van der Waals surface area contributed by atoms with Crippen LogP contribution >= 0.6 is 0 Å². The van der Waals surface area contributed by atoms with Crippen LogP contribution in [0.15, 0.2) is 22.8 Å². The van der Waals surface area contributed by atoms with Gasteiger partial charge >= 0.3 is 5.97 Å². The molecule has 3 heterocycles. The first-order valence-electron chi connectivity index (χ1n) is 6.27. The average molecular weight is 261 g/mol. The summed E-state index contributed by atoms with van der Waals surface area (Å²) in [4.78, 5) is 15.5. The van der Waals surface area contributed by atoms with Crippen molar-refractivity contribution in [3.05, 3.63) is 41.4 Å². The SMILES string of the molecule is NC1CCCn2c(Cc3ccco3)nc(C(=O)O)c21. The van der Waals surface area contributed by atoms with Gasteiger partial charge in [-0.3, -0.25) is 0 Å². The van der Waals surface area contributed by atoms with E-state index < -0.39 is 5.97 Å². The number of hydrogen-bond donors (Lipinski definition) is 2. The number of aromatic carboxylic acids is 1. The van der Waals surface area contributed by atoms with Crippen molar-refractivity contribution in [1.82, 2.24) is 9.55 Å². The van der Waals surface area contributed by atoms with Crippen molar-refractivity contribution in [1.29, 1.82) is 0 Å². The number of nitrogens with zero attached hydrogens (tertiary/aromatic N) is 2. The Morgan fingerprint density at radius 2 is 2.47 bits per heavy atom. The van der Waals surface area contributed by atoms with Crippen LogP contribution in [0.5, 0.6) is 0 Å². The normalized spacial score (nSPS) is 18.3. The lowest BCUT2D eigenvalue weighted by atomic mass is 10.0. The number of hydrogen-bond acceptors (Lipinski definition) is 4. The van der Waals surface area contributed by atoms with Gasteiger partial charge in [0.1, 0.15) is 11.6 Å². The van der Waals surface area contributed by atoms with Gasteiger partial charge in [-0.1, -0.05) is 0 Å². The Labute approximate surface area is 109 Å². The zero-order chi connectivity index (χ0) is 13.4. The maximum atomic E-state index is 11.3. The van der Waals surface area contributed by atoms with Crippen LogP contribution in [0, 0.1) is 0 Å². The van der Waals surface area contributed by atoms with E-state index in [4.69, 9.17) is 10.2 Å². The van der Waals surface area contributed by atoms with Gasteiger partial charge in [-0.05, 0) is 25.0 Å². The topological polar surface area (TPSA) is 94.3 Å². The van der Waals surface area contributed by atoms with Gasteiger partial charge in [-0.2, -0.15) is 0 Å². The number of imidazole rings is 1. The minimum absolute atomic E-state index is 0.0776. The molecule has 1 aliphatic rings. The first kappa shape index (κ1) is 12.0. The Balaban J connectivity index is 2.05. The Morgan fingerprint density at radius 3 is 3.16 bits per heavy atom. The van der Waals surface area contributed by atoms with Gasteiger partial charge in [0.15, 0.2) is 5.69 Å². The summed E-state index contributed by atoms with van der Waals surface area (Å²) in [6, 6.07) is 3.40. The molecule has 1 atom stereocenters. The first-order chi connectivity index (χ1) is 9.16. The van der Waals surface area contributed by atoms with Crippen molar-refractivity contribution in [2.24, 2.45) is 5.73 Å². The van der Waals surface area contributed by atoms with E-state index in [1.54, 1.807) is 12.3 Å². The Hall–Kier alpha value is -2.08. The number of nitrogens with two attached hydrogens (primary N) is 1. The van der Waals surface area contributed by atoms with Gasteiger partial charge in [0.25, 0.3) is 0 Å². The molecule has 6 heteroatoms. The zero-order valence-electron chi connectivity index (χ0n) is 10.4. The molecular weight excluding hydrogens is 246 g/mol. The summed E-state index contributed by atoms with van der Waals surface area (Å²) in [6.45, 7) is 0.763. The van der Waals surface area contributed by atoms with E-state index >= 15 is 0 Å². The molecule has 3 N–H and O–H groups in total. The molecule has 1 aliphatic heterocycles. The van der Waals surface area contributed by atoms with Crippen LogP contribution in [0.25, 0.3) is 0 Å². The number of carbonyl (C=O) groups is 1. The number of aromatic nitrogens is 2. The zero-order valence-corrected chi connectivity index (χ0v) is 10.4. The third-order valence-corrected chi connectivity index (χ3v) is 3.45. The molecule has 100 valence electrons. The van der Waals surface area contributed by atoms with E-state index in [1.807, 2.05) is 10.6 Å². The molecule has 1 unspecified atom stereocenters. The molecule has 0 aliphatic carbocycles. The Bertz CT molecular complexity index is 601. The van der Waals surface area contributed by atoms with Gasteiger partial charge in [0, 0.05) is 12.6 Å². The van der Waals surface area contributed by atoms with Crippen LogP contribution in [0.2, 0.25) is 0 Å². The van der Waals surface area contributed by atoms with Gasteiger partial charge < -0.3 is 19.8 Å². The molecule has 2 aromatic heterocycles. The molecule has 19 heavy (non-hydrogen) atoms. The number of carboxylic acid groups (broad SMARTS) is 1. The van der Waals surface area contributed by atoms with Crippen molar-refractivity contribution in [3.8, 4) is 0 Å². The van der Waals surface area contributed by atoms with E-state index in [0.29, 0.717) is 17.9 Å². The van der Waals surface area contributed by atoms with Crippen LogP contribution in [-0.2, 0) is 13.0 Å². The highest BCUT2D eigenvalue weighted by Crippen LogP contribution is 2.28. The van der Waals surface area contributed by atoms with Gasteiger partial charge in [0.05, 0.1) is 18.4 Å². The molecule has 0 fully saturated rings. The van der Waals surface area contributed by atoms with Gasteiger partial charge in [0.2, 0.25) is 0 Å². The predicted molar refractivity (Wildman–Crippen MR) is 66.9 cm³/mol. The maximum Gasteiger partial charge on any atom is 0.356 e. The minimum atomic E-state index is -1.02. The molecule has 0 aromatic carbocycles. The van der Waals surface area contributed by atoms with Crippen molar-refractivity contribution < 1.29 is 14.3 Å².